The van der Waals surface area contributed by atoms with Crippen molar-refractivity contribution < 1.29 is 9.47 Å². The first-order chi connectivity index (χ1) is 50.8. The van der Waals surface area contributed by atoms with Crippen molar-refractivity contribution in [3.63, 3.8) is 0 Å². The second kappa shape index (κ2) is 22.4. The van der Waals surface area contributed by atoms with E-state index >= 15 is 0 Å². The van der Waals surface area contributed by atoms with Gasteiger partial charge in [-0.05, 0) is 120 Å². The average molecular weight is 1320 g/mol. The van der Waals surface area contributed by atoms with Gasteiger partial charge in [0, 0.05) is 66.6 Å². The Labute approximate surface area is 597 Å². The van der Waals surface area contributed by atoms with Crippen molar-refractivity contribution >= 4 is 0 Å². The van der Waals surface area contributed by atoms with E-state index in [1.807, 2.05) is 30.3 Å². The standard InChI is InChI=1S/C97H62N4O2/c1-95(2)78-44-23-36-68(89(78)71-55-54-64(56-82(71)95)85-58-86(101-94(100-85)63-30-10-5-11-31-63)72-38-25-47-81-92(72)103-87-48-20-18-42-76(87)96(81)73-39-15-12-32-66(73)67-33-13-16-40-74(67)96)69-37-24-45-79-90(69)70-34-14-17-41-75(70)97(79)77-43-19-21-49-88(77)102-91-65(35-22-46-80(91)97)59-50-52-61(53-51-59)84-57-83(60-26-6-3-7-27-60)98-93(99-84)62-28-8-4-9-29-62/h3-58H,1-2H3. The summed E-state index contributed by atoms with van der Waals surface area (Å²) in [4.78, 5) is 21.2. The van der Waals surface area contributed by atoms with Gasteiger partial charge in [-0.1, -0.05) is 317 Å². The zero-order valence-electron chi connectivity index (χ0n) is 56.4. The van der Waals surface area contributed by atoms with Gasteiger partial charge in [-0.3, -0.25) is 0 Å². The van der Waals surface area contributed by atoms with Crippen LogP contribution in [0.4, 0.5) is 0 Å². The Balaban J connectivity index is 0.691. The van der Waals surface area contributed by atoms with Crippen LogP contribution in [-0.2, 0) is 16.2 Å². The molecule has 4 heterocycles. The van der Waals surface area contributed by atoms with Crippen LogP contribution >= 0.6 is 0 Å². The lowest BCUT2D eigenvalue weighted by Crippen LogP contribution is -2.32. The number of hydrogen-bond donors (Lipinski definition) is 0. The first-order valence-corrected chi connectivity index (χ1v) is 35.4. The fraction of sp³-hybridized carbons (Fsp3) is 0.0515. The normalized spacial score (nSPS) is 15.0. The van der Waals surface area contributed by atoms with Gasteiger partial charge in [0.15, 0.2) is 11.6 Å². The van der Waals surface area contributed by atoms with E-state index in [0.717, 1.165) is 113 Å². The molecule has 0 fully saturated rings. The van der Waals surface area contributed by atoms with Crippen LogP contribution in [0.15, 0.2) is 340 Å². The number of hydrogen-bond acceptors (Lipinski definition) is 6. The van der Waals surface area contributed by atoms with E-state index in [1.54, 1.807) is 0 Å². The summed E-state index contributed by atoms with van der Waals surface area (Å²) in [5.74, 6) is 4.64. The molecule has 5 aliphatic rings. The third kappa shape index (κ3) is 8.49. The van der Waals surface area contributed by atoms with E-state index in [1.165, 1.54) is 77.9 Å². The molecule has 1 atom stereocenters. The molecule has 2 aromatic heterocycles. The van der Waals surface area contributed by atoms with Crippen molar-refractivity contribution in [1.29, 1.82) is 0 Å². The Morgan fingerprint density at radius 2 is 0.563 bits per heavy atom. The van der Waals surface area contributed by atoms with Crippen molar-refractivity contribution in [3.8, 4) is 146 Å². The third-order valence-corrected chi connectivity index (χ3v) is 22.5. The highest BCUT2D eigenvalue weighted by atomic mass is 16.5. The molecule has 3 aliphatic carbocycles. The van der Waals surface area contributed by atoms with Crippen LogP contribution in [0, 0.1) is 0 Å². The molecular formula is C97H62N4O2. The van der Waals surface area contributed by atoms with Gasteiger partial charge in [0.1, 0.15) is 23.0 Å². The van der Waals surface area contributed by atoms with Crippen molar-refractivity contribution in [1.82, 2.24) is 19.9 Å². The second-order valence-electron chi connectivity index (χ2n) is 28.1. The zero-order chi connectivity index (χ0) is 68.1. The summed E-state index contributed by atoms with van der Waals surface area (Å²) in [6.45, 7) is 4.76. The van der Waals surface area contributed by atoms with Crippen LogP contribution in [0.3, 0.4) is 0 Å². The number of para-hydroxylation sites is 4. The van der Waals surface area contributed by atoms with Crippen molar-refractivity contribution in [3.05, 3.63) is 395 Å². The molecule has 21 rings (SSSR count). The molecule has 16 aromatic rings. The lowest BCUT2D eigenvalue weighted by atomic mass is 9.65. The van der Waals surface area contributed by atoms with E-state index < -0.39 is 10.8 Å². The van der Waals surface area contributed by atoms with E-state index in [-0.39, 0.29) is 5.41 Å². The smallest absolute Gasteiger partial charge is 0.160 e. The van der Waals surface area contributed by atoms with Gasteiger partial charge in [-0.25, -0.2) is 19.9 Å². The summed E-state index contributed by atoms with van der Waals surface area (Å²) in [7, 11) is 0. The van der Waals surface area contributed by atoms with E-state index in [9.17, 15) is 0 Å². The first kappa shape index (κ1) is 58.8. The first-order valence-electron chi connectivity index (χ1n) is 35.4. The van der Waals surface area contributed by atoms with Gasteiger partial charge in [-0.2, -0.15) is 0 Å². The quantitative estimate of drug-likeness (QED) is 0.151. The maximum Gasteiger partial charge on any atom is 0.160 e. The lowest BCUT2D eigenvalue weighted by molar-refractivity contribution is 0.438. The Hall–Kier alpha value is -13.2. The van der Waals surface area contributed by atoms with Crippen LogP contribution in [-0.4, -0.2) is 19.9 Å². The molecule has 14 aromatic carbocycles. The number of rotatable bonds is 8. The largest absolute Gasteiger partial charge is 0.456 e. The summed E-state index contributed by atoms with van der Waals surface area (Å²) in [5.41, 5.74) is 31.2. The highest BCUT2D eigenvalue weighted by Gasteiger charge is 2.54. The molecule has 482 valence electrons. The molecule has 0 bridgehead atoms. The molecule has 0 saturated carbocycles. The monoisotopic (exact) mass is 1310 g/mol. The zero-order valence-corrected chi connectivity index (χ0v) is 56.4. The Kier molecular flexibility index (Phi) is 12.8. The lowest BCUT2D eigenvalue weighted by Gasteiger charge is -2.40. The summed E-state index contributed by atoms with van der Waals surface area (Å²) < 4.78 is 14.5. The molecule has 6 nitrogen and oxygen atoms in total. The van der Waals surface area contributed by atoms with E-state index in [2.05, 4.69) is 323 Å². The van der Waals surface area contributed by atoms with E-state index in [4.69, 9.17) is 29.4 Å². The molecule has 103 heavy (non-hydrogen) atoms. The van der Waals surface area contributed by atoms with Crippen molar-refractivity contribution in [2.24, 2.45) is 0 Å². The molecule has 0 saturated heterocycles. The molecule has 0 N–H and O–H groups in total. The van der Waals surface area contributed by atoms with Gasteiger partial charge in [-0.15, -0.1) is 0 Å². The van der Waals surface area contributed by atoms with Gasteiger partial charge in [0.05, 0.1) is 33.6 Å². The number of ether oxygens (including phenoxy) is 2. The second-order valence-corrected chi connectivity index (χ2v) is 28.1. The maximum absolute atomic E-state index is 7.30. The fourth-order valence-electron chi connectivity index (χ4n) is 18.0. The molecule has 2 spiro atoms. The fourth-order valence-corrected chi connectivity index (χ4v) is 18.0. The highest BCUT2D eigenvalue weighted by Crippen LogP contribution is 2.67. The molecule has 1 unspecified atom stereocenters. The van der Waals surface area contributed by atoms with Crippen LogP contribution in [0.2, 0.25) is 0 Å². The third-order valence-electron chi connectivity index (χ3n) is 22.5. The van der Waals surface area contributed by atoms with Crippen molar-refractivity contribution in [2.75, 3.05) is 0 Å². The van der Waals surface area contributed by atoms with Gasteiger partial charge >= 0.3 is 0 Å². The molecule has 0 amide bonds. The van der Waals surface area contributed by atoms with Crippen LogP contribution in [0.1, 0.15) is 69.5 Å². The molecular weight excluding hydrogens is 1250 g/mol. The maximum atomic E-state index is 7.30. The minimum absolute atomic E-state index is 0.383. The predicted octanol–water partition coefficient (Wildman–Crippen LogP) is 23.8. The predicted molar refractivity (Wildman–Crippen MR) is 413 cm³/mol. The van der Waals surface area contributed by atoms with Gasteiger partial charge < -0.3 is 9.47 Å². The topological polar surface area (TPSA) is 70.0 Å². The number of benzene rings is 14. The summed E-state index contributed by atoms with van der Waals surface area (Å²) in [6, 6.07) is 122. The van der Waals surface area contributed by atoms with Gasteiger partial charge in [0.2, 0.25) is 0 Å². The Morgan fingerprint density at radius 3 is 1.14 bits per heavy atom. The molecule has 6 heteroatoms. The number of nitrogens with zero attached hydrogens (tertiary/aromatic N) is 4. The van der Waals surface area contributed by atoms with Crippen LogP contribution in [0.5, 0.6) is 23.0 Å². The molecule has 2 aliphatic heterocycles. The summed E-state index contributed by atoms with van der Waals surface area (Å²) in [5, 5.41) is 0. The SMILES string of the molecule is CC1(C)c2cc(-c3cc(-c4cccc5c4Oc4ccccc4C54c5ccccc5-c5ccccc54)nc(-c4ccccc4)n3)ccc2-c2c(-c3cccc4c3-c3ccccc3C43c4ccccc4Oc4c(-c5ccc(-c6cc(-c7ccccc7)nc(-c7ccccc7)n6)cc5)cccc43)cccc21. The minimum atomic E-state index is -0.728. The molecule has 0 radical (unpaired) electrons. The van der Waals surface area contributed by atoms with Crippen LogP contribution in [0.25, 0.3) is 123 Å². The average Bonchev–Trinajstić information content (AvgIpc) is 1.54. The minimum Gasteiger partial charge on any atom is -0.456 e. The summed E-state index contributed by atoms with van der Waals surface area (Å²) >= 11 is 0. The Bertz CT molecular complexity index is 6120. The highest BCUT2D eigenvalue weighted by molar-refractivity contribution is 6.03. The number of aromatic nitrogens is 4. The Morgan fingerprint density at radius 1 is 0.214 bits per heavy atom. The van der Waals surface area contributed by atoms with Crippen LogP contribution < -0.4 is 9.47 Å². The van der Waals surface area contributed by atoms with Crippen molar-refractivity contribution in [2.45, 2.75) is 30.1 Å². The van der Waals surface area contributed by atoms with Gasteiger partial charge in [0.25, 0.3) is 0 Å². The van der Waals surface area contributed by atoms with E-state index in [0.29, 0.717) is 11.6 Å². The number of fused-ring (bicyclic) bond motifs is 21. The summed E-state index contributed by atoms with van der Waals surface area (Å²) in [6.07, 6.45) is 0.